The maximum atomic E-state index is 11.9. The SMILES string of the molecule is CNC1CCC(CC(=O)NC2CCCC2)CC1. The van der Waals surface area contributed by atoms with Crippen LogP contribution < -0.4 is 10.6 Å². The van der Waals surface area contributed by atoms with Crippen LogP contribution in [0.4, 0.5) is 0 Å². The van der Waals surface area contributed by atoms with Crippen LogP contribution in [0.5, 0.6) is 0 Å². The number of carbonyl (C=O) groups is 1. The van der Waals surface area contributed by atoms with Gasteiger partial charge in [0.05, 0.1) is 0 Å². The predicted molar refractivity (Wildman–Crippen MR) is 69.8 cm³/mol. The Kier molecular flexibility index (Phi) is 4.84. The van der Waals surface area contributed by atoms with Crippen molar-refractivity contribution in [3.63, 3.8) is 0 Å². The lowest BCUT2D eigenvalue weighted by Gasteiger charge is -2.28. The van der Waals surface area contributed by atoms with Crippen LogP contribution in [-0.4, -0.2) is 25.0 Å². The van der Waals surface area contributed by atoms with Crippen LogP contribution in [0, 0.1) is 5.92 Å². The summed E-state index contributed by atoms with van der Waals surface area (Å²) in [5, 5.41) is 6.53. The maximum Gasteiger partial charge on any atom is 0.220 e. The molecular formula is C14H26N2O. The average Bonchev–Trinajstić information content (AvgIpc) is 2.82. The highest BCUT2D eigenvalue weighted by molar-refractivity contribution is 5.76. The molecule has 0 aromatic carbocycles. The summed E-state index contributed by atoms with van der Waals surface area (Å²) in [5.41, 5.74) is 0. The molecule has 0 atom stereocenters. The normalized spacial score (nSPS) is 30.4. The van der Waals surface area contributed by atoms with Crippen LogP contribution in [0.2, 0.25) is 0 Å². The fourth-order valence-electron chi connectivity index (χ4n) is 3.27. The van der Waals surface area contributed by atoms with Crippen molar-refractivity contribution in [1.82, 2.24) is 10.6 Å². The van der Waals surface area contributed by atoms with E-state index in [1.165, 1.54) is 51.4 Å². The van der Waals surface area contributed by atoms with Gasteiger partial charge < -0.3 is 10.6 Å². The number of rotatable bonds is 4. The molecule has 0 radical (unpaired) electrons. The highest BCUT2D eigenvalue weighted by Crippen LogP contribution is 2.27. The Bertz CT molecular complexity index is 241. The molecule has 2 aliphatic carbocycles. The molecule has 0 aromatic rings. The van der Waals surface area contributed by atoms with Gasteiger partial charge in [0.15, 0.2) is 0 Å². The van der Waals surface area contributed by atoms with Crippen molar-refractivity contribution in [3.05, 3.63) is 0 Å². The van der Waals surface area contributed by atoms with E-state index in [1.54, 1.807) is 0 Å². The van der Waals surface area contributed by atoms with Gasteiger partial charge in [-0.05, 0) is 51.5 Å². The first-order valence-corrected chi connectivity index (χ1v) is 7.24. The smallest absolute Gasteiger partial charge is 0.220 e. The number of amides is 1. The van der Waals surface area contributed by atoms with E-state index >= 15 is 0 Å². The third-order valence-electron chi connectivity index (χ3n) is 4.45. The molecule has 0 unspecified atom stereocenters. The maximum absolute atomic E-state index is 11.9. The van der Waals surface area contributed by atoms with Crippen LogP contribution in [0.15, 0.2) is 0 Å². The van der Waals surface area contributed by atoms with E-state index in [2.05, 4.69) is 10.6 Å². The summed E-state index contributed by atoms with van der Waals surface area (Å²) in [6, 6.07) is 1.17. The van der Waals surface area contributed by atoms with E-state index in [-0.39, 0.29) is 0 Å². The highest BCUT2D eigenvalue weighted by Gasteiger charge is 2.23. The summed E-state index contributed by atoms with van der Waals surface area (Å²) in [6.45, 7) is 0. The van der Waals surface area contributed by atoms with Crippen molar-refractivity contribution in [2.24, 2.45) is 5.92 Å². The molecule has 0 spiro atoms. The quantitative estimate of drug-likeness (QED) is 0.788. The Morgan fingerprint density at radius 3 is 2.24 bits per heavy atom. The molecule has 2 aliphatic rings. The minimum Gasteiger partial charge on any atom is -0.353 e. The Labute approximate surface area is 105 Å². The van der Waals surface area contributed by atoms with E-state index < -0.39 is 0 Å². The molecule has 2 N–H and O–H groups in total. The zero-order valence-corrected chi connectivity index (χ0v) is 11.0. The molecular weight excluding hydrogens is 212 g/mol. The average molecular weight is 238 g/mol. The zero-order chi connectivity index (χ0) is 12.1. The summed E-state index contributed by atoms with van der Waals surface area (Å²) in [4.78, 5) is 11.9. The van der Waals surface area contributed by atoms with E-state index in [9.17, 15) is 4.79 Å². The Balaban J connectivity index is 1.65. The first-order chi connectivity index (χ1) is 8.28. The zero-order valence-electron chi connectivity index (χ0n) is 11.0. The van der Waals surface area contributed by atoms with Gasteiger partial charge in [0.25, 0.3) is 0 Å². The molecule has 0 saturated heterocycles. The van der Waals surface area contributed by atoms with Gasteiger partial charge in [-0.2, -0.15) is 0 Å². The minimum atomic E-state index is 0.296. The fraction of sp³-hybridized carbons (Fsp3) is 0.929. The molecule has 2 saturated carbocycles. The van der Waals surface area contributed by atoms with Crippen molar-refractivity contribution in [1.29, 1.82) is 0 Å². The number of hydrogen-bond acceptors (Lipinski definition) is 2. The van der Waals surface area contributed by atoms with Gasteiger partial charge in [-0.3, -0.25) is 4.79 Å². The van der Waals surface area contributed by atoms with Gasteiger partial charge in [0.1, 0.15) is 0 Å². The first kappa shape index (κ1) is 12.9. The molecule has 98 valence electrons. The second kappa shape index (κ2) is 6.39. The van der Waals surface area contributed by atoms with Gasteiger partial charge in [0, 0.05) is 18.5 Å². The molecule has 0 bridgehead atoms. The number of carbonyl (C=O) groups excluding carboxylic acids is 1. The van der Waals surface area contributed by atoms with Gasteiger partial charge in [-0.15, -0.1) is 0 Å². The van der Waals surface area contributed by atoms with Crippen LogP contribution in [0.1, 0.15) is 57.8 Å². The monoisotopic (exact) mass is 238 g/mol. The molecule has 0 heterocycles. The lowest BCUT2D eigenvalue weighted by Crippen LogP contribution is -2.36. The third-order valence-corrected chi connectivity index (χ3v) is 4.45. The van der Waals surface area contributed by atoms with Gasteiger partial charge in [-0.1, -0.05) is 12.8 Å². The van der Waals surface area contributed by atoms with Crippen LogP contribution in [-0.2, 0) is 4.79 Å². The molecule has 2 rings (SSSR count). The fourth-order valence-corrected chi connectivity index (χ4v) is 3.27. The minimum absolute atomic E-state index is 0.296. The van der Waals surface area contributed by atoms with E-state index in [0.29, 0.717) is 23.9 Å². The predicted octanol–water partition coefficient (Wildman–Crippen LogP) is 2.21. The molecule has 3 nitrogen and oxygen atoms in total. The standard InChI is InChI=1S/C14H26N2O/c1-15-12-8-6-11(7-9-12)10-14(17)16-13-4-2-3-5-13/h11-13,15H,2-10H2,1H3,(H,16,17). The second-order valence-corrected chi connectivity index (χ2v) is 5.76. The van der Waals surface area contributed by atoms with Gasteiger partial charge in [0.2, 0.25) is 5.91 Å². The van der Waals surface area contributed by atoms with Gasteiger partial charge in [-0.25, -0.2) is 0 Å². The van der Waals surface area contributed by atoms with Crippen molar-refractivity contribution < 1.29 is 4.79 Å². The molecule has 3 heteroatoms. The van der Waals surface area contributed by atoms with Crippen LogP contribution in [0.25, 0.3) is 0 Å². The molecule has 0 aliphatic heterocycles. The van der Waals surface area contributed by atoms with Crippen LogP contribution in [0.3, 0.4) is 0 Å². The van der Waals surface area contributed by atoms with Crippen molar-refractivity contribution in [2.45, 2.75) is 69.9 Å². The summed E-state index contributed by atoms with van der Waals surface area (Å²) < 4.78 is 0. The summed E-state index contributed by atoms with van der Waals surface area (Å²) in [7, 11) is 2.04. The van der Waals surface area contributed by atoms with E-state index in [4.69, 9.17) is 0 Å². The van der Waals surface area contributed by atoms with Gasteiger partial charge >= 0.3 is 0 Å². The molecule has 17 heavy (non-hydrogen) atoms. The topological polar surface area (TPSA) is 41.1 Å². The highest BCUT2D eigenvalue weighted by atomic mass is 16.1. The summed E-state index contributed by atoms with van der Waals surface area (Å²) >= 11 is 0. The Hall–Kier alpha value is -0.570. The lowest BCUT2D eigenvalue weighted by atomic mass is 9.84. The Morgan fingerprint density at radius 1 is 1.00 bits per heavy atom. The van der Waals surface area contributed by atoms with Crippen molar-refractivity contribution in [3.8, 4) is 0 Å². The van der Waals surface area contributed by atoms with Crippen LogP contribution >= 0.6 is 0 Å². The third kappa shape index (κ3) is 3.98. The molecule has 0 aromatic heterocycles. The molecule has 1 amide bonds. The summed E-state index contributed by atoms with van der Waals surface area (Å²) in [5.74, 6) is 0.922. The van der Waals surface area contributed by atoms with E-state index in [0.717, 1.165) is 6.42 Å². The van der Waals surface area contributed by atoms with Crippen molar-refractivity contribution >= 4 is 5.91 Å². The number of hydrogen-bond donors (Lipinski definition) is 2. The largest absolute Gasteiger partial charge is 0.353 e. The Morgan fingerprint density at radius 2 is 1.65 bits per heavy atom. The van der Waals surface area contributed by atoms with Crippen molar-refractivity contribution in [2.75, 3.05) is 7.05 Å². The summed E-state index contributed by atoms with van der Waals surface area (Å²) in [6.07, 6.45) is 10.6. The second-order valence-electron chi connectivity index (χ2n) is 5.76. The lowest BCUT2D eigenvalue weighted by molar-refractivity contribution is -0.122. The first-order valence-electron chi connectivity index (χ1n) is 7.24. The molecule has 2 fully saturated rings. The van der Waals surface area contributed by atoms with E-state index in [1.807, 2.05) is 7.05 Å². The number of nitrogens with one attached hydrogen (secondary N) is 2.